The standard InChI is InChI=1S/C22H23ClN6O3/c1-3-16-13-27(10-11-28(16)21(30)18-8-5-9-19(25-18)32-2)22(31)20-24-14-29(26-20)17-7-4-6-15(23)12-17/h4-9,12,14,16H,3,10-11,13H2,1-2H3. The number of hydrogen-bond acceptors (Lipinski definition) is 6. The number of pyridine rings is 1. The lowest BCUT2D eigenvalue weighted by Gasteiger charge is -2.40. The summed E-state index contributed by atoms with van der Waals surface area (Å²) in [6, 6.07) is 12.1. The molecule has 166 valence electrons. The van der Waals surface area contributed by atoms with E-state index in [1.807, 2.05) is 13.0 Å². The summed E-state index contributed by atoms with van der Waals surface area (Å²) in [4.78, 5) is 38.0. The van der Waals surface area contributed by atoms with Crippen molar-refractivity contribution in [2.45, 2.75) is 19.4 Å². The van der Waals surface area contributed by atoms with Gasteiger partial charge in [-0.3, -0.25) is 9.59 Å². The van der Waals surface area contributed by atoms with Crippen molar-refractivity contribution in [1.29, 1.82) is 0 Å². The van der Waals surface area contributed by atoms with Gasteiger partial charge in [0.15, 0.2) is 0 Å². The van der Waals surface area contributed by atoms with E-state index >= 15 is 0 Å². The van der Waals surface area contributed by atoms with E-state index < -0.39 is 0 Å². The maximum absolute atomic E-state index is 13.0. The van der Waals surface area contributed by atoms with Crippen LogP contribution < -0.4 is 4.74 Å². The number of piperazine rings is 1. The molecule has 0 N–H and O–H groups in total. The number of halogens is 1. The highest BCUT2D eigenvalue weighted by molar-refractivity contribution is 6.30. The minimum atomic E-state index is -0.268. The number of rotatable bonds is 5. The van der Waals surface area contributed by atoms with Gasteiger partial charge in [0.05, 0.1) is 12.8 Å². The van der Waals surface area contributed by atoms with Crippen molar-refractivity contribution in [2.75, 3.05) is 26.7 Å². The Labute approximate surface area is 190 Å². The van der Waals surface area contributed by atoms with Gasteiger partial charge in [0.1, 0.15) is 12.0 Å². The highest BCUT2D eigenvalue weighted by Crippen LogP contribution is 2.19. The lowest BCUT2D eigenvalue weighted by molar-refractivity contribution is 0.0370. The second-order valence-corrected chi connectivity index (χ2v) is 7.81. The Kier molecular flexibility index (Phi) is 6.36. The van der Waals surface area contributed by atoms with E-state index in [0.717, 1.165) is 5.69 Å². The first-order valence-electron chi connectivity index (χ1n) is 10.3. The molecule has 0 aliphatic carbocycles. The van der Waals surface area contributed by atoms with Crippen LogP contribution in [-0.4, -0.2) is 74.1 Å². The van der Waals surface area contributed by atoms with Crippen molar-refractivity contribution in [3.63, 3.8) is 0 Å². The fraction of sp³-hybridized carbons (Fsp3) is 0.318. The summed E-state index contributed by atoms with van der Waals surface area (Å²) < 4.78 is 6.64. The maximum Gasteiger partial charge on any atom is 0.293 e. The smallest absolute Gasteiger partial charge is 0.293 e. The molecule has 0 spiro atoms. The molecule has 9 nitrogen and oxygen atoms in total. The summed E-state index contributed by atoms with van der Waals surface area (Å²) in [6.45, 7) is 3.18. The Morgan fingerprint density at radius 1 is 1.16 bits per heavy atom. The van der Waals surface area contributed by atoms with E-state index in [1.165, 1.54) is 18.1 Å². The molecule has 0 radical (unpaired) electrons. The van der Waals surface area contributed by atoms with E-state index in [1.54, 1.807) is 46.2 Å². The van der Waals surface area contributed by atoms with E-state index in [-0.39, 0.29) is 23.7 Å². The number of benzene rings is 1. The fourth-order valence-electron chi connectivity index (χ4n) is 3.70. The third kappa shape index (κ3) is 4.43. The number of carbonyl (C=O) groups excluding carboxylic acids is 2. The van der Waals surface area contributed by atoms with Crippen LogP contribution in [0.3, 0.4) is 0 Å². The molecule has 0 bridgehead atoms. The van der Waals surface area contributed by atoms with Crippen molar-refractivity contribution in [3.8, 4) is 11.6 Å². The number of nitrogens with zero attached hydrogens (tertiary/aromatic N) is 6. The van der Waals surface area contributed by atoms with E-state index in [9.17, 15) is 9.59 Å². The largest absolute Gasteiger partial charge is 0.481 e. The lowest BCUT2D eigenvalue weighted by atomic mass is 10.1. The van der Waals surface area contributed by atoms with Gasteiger partial charge in [-0.15, -0.1) is 5.10 Å². The van der Waals surface area contributed by atoms with Gasteiger partial charge in [0.2, 0.25) is 11.7 Å². The van der Waals surface area contributed by atoms with Crippen molar-refractivity contribution in [2.24, 2.45) is 0 Å². The van der Waals surface area contributed by atoms with E-state index in [0.29, 0.717) is 42.7 Å². The van der Waals surface area contributed by atoms with Crippen LogP contribution in [0.2, 0.25) is 5.02 Å². The van der Waals surface area contributed by atoms with Gasteiger partial charge in [0, 0.05) is 36.8 Å². The van der Waals surface area contributed by atoms with Gasteiger partial charge in [-0.1, -0.05) is 30.7 Å². The zero-order chi connectivity index (χ0) is 22.7. The molecule has 1 unspecified atom stereocenters. The first kappa shape index (κ1) is 21.8. The molecular formula is C22H23ClN6O3. The SMILES string of the molecule is CCC1CN(C(=O)c2ncn(-c3cccc(Cl)c3)n2)CCN1C(=O)c1cccc(OC)n1. The van der Waals surface area contributed by atoms with Crippen molar-refractivity contribution in [3.05, 3.63) is 65.3 Å². The number of carbonyl (C=O) groups is 2. The predicted molar refractivity (Wildman–Crippen MR) is 118 cm³/mol. The van der Waals surface area contributed by atoms with Crippen LogP contribution in [-0.2, 0) is 0 Å². The van der Waals surface area contributed by atoms with Gasteiger partial charge in [-0.05, 0) is 30.7 Å². The molecule has 2 amide bonds. The van der Waals surface area contributed by atoms with Crippen molar-refractivity contribution < 1.29 is 14.3 Å². The Bertz CT molecular complexity index is 1130. The van der Waals surface area contributed by atoms with Gasteiger partial charge < -0.3 is 14.5 Å². The topological polar surface area (TPSA) is 93.5 Å². The number of methoxy groups -OCH3 is 1. The number of hydrogen-bond donors (Lipinski definition) is 0. The average Bonchev–Trinajstić information content (AvgIpc) is 3.33. The summed E-state index contributed by atoms with van der Waals surface area (Å²) >= 11 is 6.04. The zero-order valence-electron chi connectivity index (χ0n) is 17.8. The molecule has 1 aromatic carbocycles. The number of ether oxygens (including phenoxy) is 1. The van der Waals surface area contributed by atoms with Crippen LogP contribution in [0.25, 0.3) is 5.69 Å². The highest BCUT2D eigenvalue weighted by Gasteiger charge is 2.34. The molecule has 3 aromatic rings. The summed E-state index contributed by atoms with van der Waals surface area (Å²) in [5.74, 6) is 0.0511. The van der Waals surface area contributed by atoms with Gasteiger partial charge in [-0.2, -0.15) is 0 Å². The van der Waals surface area contributed by atoms with Gasteiger partial charge in [-0.25, -0.2) is 14.6 Å². The Morgan fingerprint density at radius 2 is 1.97 bits per heavy atom. The van der Waals surface area contributed by atoms with Crippen LogP contribution >= 0.6 is 11.6 Å². The van der Waals surface area contributed by atoms with Gasteiger partial charge >= 0.3 is 0 Å². The van der Waals surface area contributed by atoms with E-state index in [2.05, 4.69) is 15.1 Å². The first-order chi connectivity index (χ1) is 15.5. The van der Waals surface area contributed by atoms with Crippen LogP contribution in [0.15, 0.2) is 48.8 Å². The highest BCUT2D eigenvalue weighted by atomic mass is 35.5. The molecule has 2 aromatic heterocycles. The van der Waals surface area contributed by atoms with Crippen LogP contribution in [0.4, 0.5) is 0 Å². The molecule has 4 rings (SSSR count). The Balaban J connectivity index is 1.47. The Morgan fingerprint density at radius 3 is 2.72 bits per heavy atom. The van der Waals surface area contributed by atoms with Crippen molar-refractivity contribution >= 4 is 23.4 Å². The monoisotopic (exact) mass is 454 g/mol. The minimum Gasteiger partial charge on any atom is -0.481 e. The molecule has 1 atom stereocenters. The third-order valence-electron chi connectivity index (χ3n) is 5.41. The van der Waals surface area contributed by atoms with Crippen molar-refractivity contribution in [1.82, 2.24) is 29.5 Å². The quantitative estimate of drug-likeness (QED) is 0.588. The van der Waals surface area contributed by atoms with E-state index in [4.69, 9.17) is 16.3 Å². The second kappa shape index (κ2) is 9.35. The van der Waals surface area contributed by atoms with Gasteiger partial charge in [0.25, 0.3) is 11.8 Å². The lowest BCUT2D eigenvalue weighted by Crippen LogP contribution is -2.56. The minimum absolute atomic E-state index is 0.106. The summed E-state index contributed by atoms with van der Waals surface area (Å²) in [7, 11) is 1.51. The fourth-order valence-corrected chi connectivity index (χ4v) is 3.88. The number of amides is 2. The molecule has 1 saturated heterocycles. The third-order valence-corrected chi connectivity index (χ3v) is 5.64. The Hall–Kier alpha value is -3.46. The molecule has 1 aliphatic heterocycles. The molecule has 10 heteroatoms. The average molecular weight is 455 g/mol. The first-order valence-corrected chi connectivity index (χ1v) is 10.7. The summed E-state index contributed by atoms with van der Waals surface area (Å²) in [5.41, 5.74) is 1.04. The number of aromatic nitrogens is 4. The second-order valence-electron chi connectivity index (χ2n) is 7.37. The normalized spacial score (nSPS) is 16.2. The summed E-state index contributed by atoms with van der Waals surface area (Å²) in [5, 5.41) is 4.89. The zero-order valence-corrected chi connectivity index (χ0v) is 18.6. The molecule has 32 heavy (non-hydrogen) atoms. The molecule has 0 saturated carbocycles. The van der Waals surface area contributed by atoms with Crippen LogP contribution in [0, 0.1) is 0 Å². The summed E-state index contributed by atoms with van der Waals surface area (Å²) in [6.07, 6.45) is 2.19. The molecule has 1 aliphatic rings. The molecular weight excluding hydrogens is 432 g/mol. The predicted octanol–water partition coefficient (Wildman–Crippen LogP) is 2.70. The maximum atomic E-state index is 13.0. The van der Waals surface area contributed by atoms with Crippen LogP contribution in [0.1, 0.15) is 34.5 Å². The van der Waals surface area contributed by atoms with Crippen LogP contribution in [0.5, 0.6) is 5.88 Å². The molecule has 3 heterocycles. The molecule has 1 fully saturated rings.